The number of nitriles is 1. The van der Waals surface area contributed by atoms with E-state index in [4.69, 9.17) is 5.73 Å². The minimum absolute atomic E-state index is 0.214. The average Bonchev–Trinajstić information content (AvgIpc) is 3.33. The third-order valence-corrected chi connectivity index (χ3v) is 9.15. The molecule has 3 unspecified atom stereocenters. The Kier molecular flexibility index (Phi) is 4.59. The monoisotopic (exact) mass is 458 g/mol. The molecule has 1 amide bonds. The lowest BCUT2D eigenvalue weighted by molar-refractivity contribution is -0.104. The molecule has 1 saturated heterocycles. The number of fused-ring (bicyclic) bond motifs is 1. The molecule has 1 spiro atoms. The highest BCUT2D eigenvalue weighted by atomic mass is 32.1. The van der Waals surface area contributed by atoms with Crippen LogP contribution in [0.5, 0.6) is 0 Å². The first-order valence-electron chi connectivity index (χ1n) is 11.6. The Morgan fingerprint density at radius 3 is 3.03 bits per heavy atom. The van der Waals surface area contributed by atoms with Gasteiger partial charge in [-0.2, -0.15) is 5.26 Å². The highest BCUT2D eigenvalue weighted by Gasteiger charge is 2.64. The summed E-state index contributed by atoms with van der Waals surface area (Å²) in [5.74, 6) is 1.52. The topological polar surface area (TPSA) is 108 Å². The van der Waals surface area contributed by atoms with Crippen molar-refractivity contribution >= 4 is 39.0 Å². The summed E-state index contributed by atoms with van der Waals surface area (Å²) in [7, 11) is 0. The van der Waals surface area contributed by atoms with Gasteiger partial charge in [-0.15, -0.1) is 11.3 Å². The maximum absolute atomic E-state index is 12.7. The highest BCUT2D eigenvalue weighted by Crippen LogP contribution is 2.67. The molecule has 1 aromatic carbocycles. The first-order chi connectivity index (χ1) is 16.0. The fraction of sp³-hybridized carbons (Fsp3) is 0.440. The molecule has 2 saturated carbocycles. The van der Waals surface area contributed by atoms with Crippen molar-refractivity contribution in [1.82, 2.24) is 15.3 Å². The number of rotatable bonds is 5. The van der Waals surface area contributed by atoms with Crippen LogP contribution in [0.4, 0.5) is 11.4 Å². The Morgan fingerprint density at radius 1 is 1.42 bits per heavy atom. The first kappa shape index (κ1) is 20.4. The molecule has 0 bridgehead atoms. The number of benzene rings is 1. The summed E-state index contributed by atoms with van der Waals surface area (Å²) in [5.41, 5.74) is 11.3. The van der Waals surface area contributed by atoms with Crippen molar-refractivity contribution in [3.8, 4) is 6.07 Å². The number of hydrogen-bond acceptors (Lipinski definition) is 7. The van der Waals surface area contributed by atoms with Gasteiger partial charge in [0.05, 0.1) is 22.6 Å². The molecule has 3 aliphatic rings. The van der Waals surface area contributed by atoms with E-state index < -0.39 is 0 Å². The number of nitrogens with zero attached hydrogens (tertiary/aromatic N) is 4. The smallest absolute Gasteiger partial charge is 0.263 e. The van der Waals surface area contributed by atoms with Crippen LogP contribution in [-0.2, 0) is 6.42 Å². The van der Waals surface area contributed by atoms with Gasteiger partial charge in [-0.05, 0) is 67.6 Å². The molecule has 3 heterocycles. The number of nitrogen functional groups attached to an aromatic ring is 1. The molecule has 33 heavy (non-hydrogen) atoms. The number of nitrogens with two attached hydrogens (primary N) is 1. The molecule has 2 aliphatic carbocycles. The van der Waals surface area contributed by atoms with Crippen LogP contribution in [0.1, 0.15) is 45.8 Å². The second kappa shape index (κ2) is 7.42. The molecule has 6 rings (SSSR count). The number of thiophene rings is 1. The number of carbonyl (C=O) groups excluding carboxylic acids is 1. The van der Waals surface area contributed by atoms with E-state index in [0.29, 0.717) is 39.3 Å². The van der Waals surface area contributed by atoms with Crippen molar-refractivity contribution < 1.29 is 4.79 Å². The van der Waals surface area contributed by atoms with E-state index in [-0.39, 0.29) is 5.91 Å². The number of hydrogen-bond donors (Lipinski definition) is 2. The molecule has 1 aliphatic heterocycles. The molecular weight excluding hydrogens is 432 g/mol. The van der Waals surface area contributed by atoms with Crippen LogP contribution in [0.2, 0.25) is 0 Å². The highest BCUT2D eigenvalue weighted by molar-refractivity contribution is 7.21. The Labute approximate surface area is 196 Å². The minimum Gasteiger partial charge on any atom is -0.396 e. The molecular formula is C25H26N6OS. The third-order valence-electron chi connectivity index (χ3n) is 8.07. The number of nitrogens with one attached hydrogen (secondary N) is 1. The molecule has 0 radical (unpaired) electrons. The molecule has 3 N–H and O–H groups in total. The summed E-state index contributed by atoms with van der Waals surface area (Å²) in [5, 5.41) is 12.7. The number of aromatic nitrogens is 2. The van der Waals surface area contributed by atoms with Gasteiger partial charge in [-0.1, -0.05) is 6.07 Å². The predicted octanol–water partition coefficient (Wildman–Crippen LogP) is 3.66. The molecule has 3 fully saturated rings. The number of carbonyl (C=O) groups is 1. The number of aryl methyl sites for hydroxylation is 1. The molecule has 7 nitrogen and oxygen atoms in total. The fourth-order valence-corrected chi connectivity index (χ4v) is 7.15. The summed E-state index contributed by atoms with van der Waals surface area (Å²) in [6.07, 6.45) is 6.41. The minimum atomic E-state index is -0.214. The SMILES string of the molecule is Cc1cnc2c(N)c(C(=O)NCCc3ccc(N4CC5CC6CCC65C4)c(C#N)c3)sc2n1. The zero-order chi connectivity index (χ0) is 22.7. The molecule has 2 aromatic heterocycles. The lowest BCUT2D eigenvalue weighted by atomic mass is 9.43. The van der Waals surface area contributed by atoms with Gasteiger partial charge in [0.2, 0.25) is 0 Å². The third kappa shape index (κ3) is 3.10. The second-order valence-corrected chi connectivity index (χ2v) is 10.8. The summed E-state index contributed by atoms with van der Waals surface area (Å²) >= 11 is 1.27. The fourth-order valence-electron chi connectivity index (χ4n) is 6.13. The summed E-state index contributed by atoms with van der Waals surface area (Å²) in [4.78, 5) is 25.0. The lowest BCUT2D eigenvalue weighted by Gasteiger charge is -2.60. The summed E-state index contributed by atoms with van der Waals surface area (Å²) in [6.45, 7) is 4.51. The van der Waals surface area contributed by atoms with Crippen molar-refractivity contribution in [1.29, 1.82) is 5.26 Å². The van der Waals surface area contributed by atoms with Crippen LogP contribution < -0.4 is 16.0 Å². The van der Waals surface area contributed by atoms with Gasteiger partial charge in [0, 0.05) is 25.8 Å². The largest absolute Gasteiger partial charge is 0.396 e. The van der Waals surface area contributed by atoms with E-state index in [2.05, 4.69) is 38.4 Å². The second-order valence-electron chi connectivity index (χ2n) is 9.76. The molecule has 3 atom stereocenters. The van der Waals surface area contributed by atoms with Crippen molar-refractivity contribution in [3.63, 3.8) is 0 Å². The van der Waals surface area contributed by atoms with Crippen LogP contribution in [0.15, 0.2) is 24.4 Å². The van der Waals surface area contributed by atoms with Crippen LogP contribution >= 0.6 is 11.3 Å². The summed E-state index contributed by atoms with van der Waals surface area (Å²) < 4.78 is 0. The van der Waals surface area contributed by atoms with Gasteiger partial charge < -0.3 is 16.0 Å². The first-order valence-corrected chi connectivity index (χ1v) is 12.4. The van der Waals surface area contributed by atoms with E-state index in [1.165, 1.54) is 30.6 Å². The van der Waals surface area contributed by atoms with Crippen molar-refractivity contribution in [2.75, 3.05) is 30.3 Å². The van der Waals surface area contributed by atoms with Crippen LogP contribution in [0.25, 0.3) is 10.3 Å². The molecule has 3 aromatic rings. The van der Waals surface area contributed by atoms with E-state index in [9.17, 15) is 10.1 Å². The van der Waals surface area contributed by atoms with Crippen LogP contribution in [-0.4, -0.2) is 35.5 Å². The van der Waals surface area contributed by atoms with E-state index in [1.807, 2.05) is 13.0 Å². The average molecular weight is 459 g/mol. The standard InChI is InChI=1S/C25H26N6OS/c1-14-11-29-21-20(27)22(33-24(21)30-14)23(32)28-7-5-15-2-3-19(16(8-15)10-26)31-12-18-9-17-4-6-25(17,18)13-31/h2-3,8,11,17-18H,4-7,9,12-13,27H2,1H3,(H,28,32). The van der Waals surface area contributed by atoms with E-state index >= 15 is 0 Å². The van der Waals surface area contributed by atoms with Crippen molar-refractivity contribution in [2.24, 2.45) is 17.3 Å². The molecule has 168 valence electrons. The Morgan fingerprint density at radius 2 is 2.30 bits per heavy atom. The predicted molar refractivity (Wildman–Crippen MR) is 129 cm³/mol. The number of amides is 1. The maximum Gasteiger partial charge on any atom is 0.263 e. The summed E-state index contributed by atoms with van der Waals surface area (Å²) in [6, 6.07) is 8.55. The van der Waals surface area contributed by atoms with Gasteiger partial charge >= 0.3 is 0 Å². The van der Waals surface area contributed by atoms with Crippen LogP contribution in [0.3, 0.4) is 0 Å². The van der Waals surface area contributed by atoms with Crippen molar-refractivity contribution in [2.45, 2.75) is 32.6 Å². The van der Waals surface area contributed by atoms with Crippen LogP contribution in [0, 0.1) is 35.5 Å². The van der Waals surface area contributed by atoms with Gasteiger partial charge in [-0.3, -0.25) is 4.79 Å². The Hall–Kier alpha value is -3.18. The van der Waals surface area contributed by atoms with Gasteiger partial charge in [0.15, 0.2) is 0 Å². The molecule has 8 heteroatoms. The lowest BCUT2D eigenvalue weighted by Crippen LogP contribution is -2.55. The zero-order valence-electron chi connectivity index (χ0n) is 18.6. The Bertz CT molecular complexity index is 1330. The zero-order valence-corrected chi connectivity index (χ0v) is 19.4. The van der Waals surface area contributed by atoms with Gasteiger partial charge in [0.25, 0.3) is 5.91 Å². The maximum atomic E-state index is 12.7. The quantitative estimate of drug-likeness (QED) is 0.604. The Balaban J connectivity index is 1.11. The van der Waals surface area contributed by atoms with E-state index in [0.717, 1.165) is 47.4 Å². The van der Waals surface area contributed by atoms with Gasteiger partial charge in [-0.25, -0.2) is 9.97 Å². The normalized spacial score (nSPS) is 25.0. The van der Waals surface area contributed by atoms with Crippen molar-refractivity contribution in [3.05, 3.63) is 46.1 Å². The van der Waals surface area contributed by atoms with Gasteiger partial charge in [0.1, 0.15) is 21.3 Å². The number of anilines is 2. The van der Waals surface area contributed by atoms with E-state index in [1.54, 1.807) is 6.20 Å².